The van der Waals surface area contributed by atoms with E-state index in [4.69, 9.17) is 26.1 Å². The number of rotatable bonds is 10. The van der Waals surface area contributed by atoms with Gasteiger partial charge in [0.1, 0.15) is 23.9 Å². The van der Waals surface area contributed by atoms with E-state index in [1.54, 1.807) is 31.4 Å². The van der Waals surface area contributed by atoms with E-state index in [0.717, 1.165) is 35.4 Å². The molecule has 4 aromatic rings. The molecule has 0 radical (unpaired) electrons. The lowest BCUT2D eigenvalue weighted by molar-refractivity contribution is 0.0953. The summed E-state index contributed by atoms with van der Waals surface area (Å²) in [7, 11) is 1.60. The molecule has 0 saturated heterocycles. The molecular weight excluding hydrogens is 438 g/mol. The van der Waals surface area contributed by atoms with E-state index < -0.39 is 0 Å². The number of ether oxygens (including phenoxy) is 2. The van der Waals surface area contributed by atoms with E-state index in [1.165, 1.54) is 0 Å². The lowest BCUT2D eigenvalue weighted by atomic mass is 10.2. The fourth-order valence-electron chi connectivity index (χ4n) is 3.67. The van der Waals surface area contributed by atoms with Gasteiger partial charge in [0.25, 0.3) is 5.91 Å². The zero-order chi connectivity index (χ0) is 23.0. The number of fused-ring (bicyclic) bond motifs is 1. The first-order valence-electron chi connectivity index (χ1n) is 10.9. The van der Waals surface area contributed by atoms with Gasteiger partial charge >= 0.3 is 0 Å². The molecule has 0 aliphatic rings. The SMILES string of the molecule is COc1ccc(C(=O)NCCCc2nc3ccccc3n2CCOc2ccccc2Cl)cc1. The van der Waals surface area contributed by atoms with E-state index in [0.29, 0.717) is 36.0 Å². The highest BCUT2D eigenvalue weighted by Crippen LogP contribution is 2.23. The standard InChI is InChI=1S/C26H26ClN3O3/c1-32-20-14-12-19(13-15-20)26(31)28-16-6-11-25-29-22-8-3-4-9-23(22)30(25)17-18-33-24-10-5-2-7-21(24)27/h2-5,7-10,12-15H,6,11,16-18H2,1H3,(H,28,31). The summed E-state index contributed by atoms with van der Waals surface area (Å²) in [4.78, 5) is 17.2. The summed E-state index contributed by atoms with van der Waals surface area (Å²) in [6.07, 6.45) is 1.51. The van der Waals surface area contributed by atoms with Gasteiger partial charge in [-0.05, 0) is 55.0 Å². The van der Waals surface area contributed by atoms with Gasteiger partial charge in [0.15, 0.2) is 0 Å². The quantitative estimate of drug-likeness (QED) is 0.331. The van der Waals surface area contributed by atoms with Crippen LogP contribution >= 0.6 is 11.6 Å². The van der Waals surface area contributed by atoms with Crippen molar-refractivity contribution in [2.24, 2.45) is 0 Å². The maximum atomic E-state index is 12.4. The number of para-hydroxylation sites is 3. The van der Waals surface area contributed by atoms with Gasteiger partial charge in [0, 0.05) is 18.5 Å². The van der Waals surface area contributed by atoms with Gasteiger partial charge in [-0.15, -0.1) is 0 Å². The molecule has 6 nitrogen and oxygen atoms in total. The molecule has 1 amide bonds. The zero-order valence-corrected chi connectivity index (χ0v) is 19.2. The second-order valence-electron chi connectivity index (χ2n) is 7.54. The number of hydrogen-bond acceptors (Lipinski definition) is 4. The highest BCUT2D eigenvalue weighted by molar-refractivity contribution is 6.32. The lowest BCUT2D eigenvalue weighted by Gasteiger charge is -2.12. The molecule has 0 aliphatic heterocycles. The molecule has 1 heterocycles. The second-order valence-corrected chi connectivity index (χ2v) is 7.94. The number of carbonyl (C=O) groups excluding carboxylic acids is 1. The molecule has 33 heavy (non-hydrogen) atoms. The van der Waals surface area contributed by atoms with Crippen LogP contribution in [0, 0.1) is 0 Å². The van der Waals surface area contributed by atoms with E-state index in [2.05, 4.69) is 16.0 Å². The molecule has 0 aliphatic carbocycles. The summed E-state index contributed by atoms with van der Waals surface area (Å²) < 4.78 is 13.2. The zero-order valence-electron chi connectivity index (χ0n) is 18.5. The largest absolute Gasteiger partial charge is 0.497 e. The molecule has 0 unspecified atom stereocenters. The van der Waals surface area contributed by atoms with E-state index in [-0.39, 0.29) is 5.91 Å². The Morgan fingerprint density at radius 3 is 2.58 bits per heavy atom. The smallest absolute Gasteiger partial charge is 0.251 e. The minimum absolute atomic E-state index is 0.0979. The van der Waals surface area contributed by atoms with Gasteiger partial charge in [-0.25, -0.2) is 4.98 Å². The Labute approximate surface area is 198 Å². The highest BCUT2D eigenvalue weighted by Gasteiger charge is 2.11. The third-order valence-electron chi connectivity index (χ3n) is 5.36. The van der Waals surface area contributed by atoms with Gasteiger partial charge in [0.05, 0.1) is 29.7 Å². The van der Waals surface area contributed by atoms with Crippen molar-refractivity contribution in [2.45, 2.75) is 19.4 Å². The first-order chi connectivity index (χ1) is 16.2. The molecule has 0 fully saturated rings. The van der Waals surface area contributed by atoms with Gasteiger partial charge in [-0.2, -0.15) is 0 Å². The summed E-state index contributed by atoms with van der Waals surface area (Å²) >= 11 is 6.20. The Balaban J connectivity index is 1.35. The summed E-state index contributed by atoms with van der Waals surface area (Å²) in [6, 6.07) is 22.6. The number of amides is 1. The molecule has 4 rings (SSSR count). The Hall–Kier alpha value is -3.51. The monoisotopic (exact) mass is 463 g/mol. The average molecular weight is 464 g/mol. The summed E-state index contributed by atoms with van der Waals surface area (Å²) in [5.41, 5.74) is 2.63. The highest BCUT2D eigenvalue weighted by atomic mass is 35.5. The first kappa shape index (κ1) is 22.7. The molecule has 170 valence electrons. The van der Waals surface area contributed by atoms with Gasteiger partial charge in [-0.3, -0.25) is 4.79 Å². The number of aryl methyl sites for hydroxylation is 1. The first-order valence-corrected chi connectivity index (χ1v) is 11.3. The predicted octanol–water partition coefficient (Wildman–Crippen LogP) is 5.14. The number of benzene rings is 3. The van der Waals surface area contributed by atoms with Crippen molar-refractivity contribution in [3.8, 4) is 11.5 Å². The number of nitrogens with zero attached hydrogens (tertiary/aromatic N) is 2. The maximum Gasteiger partial charge on any atom is 0.251 e. The number of imidazole rings is 1. The normalized spacial score (nSPS) is 10.8. The maximum absolute atomic E-state index is 12.4. The molecule has 3 aromatic carbocycles. The van der Waals surface area contributed by atoms with Crippen LogP contribution in [-0.4, -0.2) is 35.7 Å². The Morgan fingerprint density at radius 1 is 1.03 bits per heavy atom. The molecule has 7 heteroatoms. The van der Waals surface area contributed by atoms with Crippen molar-refractivity contribution in [2.75, 3.05) is 20.3 Å². The molecular formula is C26H26ClN3O3. The van der Waals surface area contributed by atoms with Crippen LogP contribution in [0.25, 0.3) is 11.0 Å². The van der Waals surface area contributed by atoms with Crippen LogP contribution in [0.5, 0.6) is 11.5 Å². The fraction of sp³-hybridized carbons (Fsp3) is 0.231. The number of halogens is 1. The molecule has 0 spiro atoms. The van der Waals surface area contributed by atoms with Crippen molar-refractivity contribution in [3.63, 3.8) is 0 Å². The number of aromatic nitrogens is 2. The number of carbonyl (C=O) groups is 1. The third kappa shape index (κ3) is 5.65. The Morgan fingerprint density at radius 2 is 1.79 bits per heavy atom. The minimum Gasteiger partial charge on any atom is -0.497 e. The number of hydrogen-bond donors (Lipinski definition) is 1. The van der Waals surface area contributed by atoms with Crippen LogP contribution in [0.2, 0.25) is 5.02 Å². The number of methoxy groups -OCH3 is 1. The number of nitrogens with one attached hydrogen (secondary N) is 1. The van der Waals surface area contributed by atoms with Gasteiger partial charge in [0.2, 0.25) is 0 Å². The minimum atomic E-state index is -0.0979. The Kier molecular flexibility index (Phi) is 7.47. The molecule has 0 bridgehead atoms. The van der Waals surface area contributed by atoms with E-state index in [1.807, 2.05) is 42.5 Å². The Bertz CT molecular complexity index is 1220. The van der Waals surface area contributed by atoms with Crippen molar-refractivity contribution in [3.05, 3.63) is 89.2 Å². The van der Waals surface area contributed by atoms with Crippen molar-refractivity contribution >= 4 is 28.5 Å². The summed E-state index contributed by atoms with van der Waals surface area (Å²) in [5, 5.41) is 3.57. The third-order valence-corrected chi connectivity index (χ3v) is 5.67. The molecule has 0 atom stereocenters. The van der Waals surface area contributed by atoms with E-state index in [9.17, 15) is 4.79 Å². The van der Waals surface area contributed by atoms with Gasteiger partial charge in [-0.1, -0.05) is 35.9 Å². The van der Waals surface area contributed by atoms with Crippen molar-refractivity contribution in [1.82, 2.24) is 14.9 Å². The predicted molar refractivity (Wildman–Crippen MR) is 130 cm³/mol. The fourth-order valence-corrected chi connectivity index (χ4v) is 3.86. The van der Waals surface area contributed by atoms with Crippen LogP contribution in [0.15, 0.2) is 72.8 Å². The second kappa shape index (κ2) is 10.9. The van der Waals surface area contributed by atoms with Crippen LogP contribution < -0.4 is 14.8 Å². The lowest BCUT2D eigenvalue weighted by Crippen LogP contribution is -2.25. The van der Waals surface area contributed by atoms with Crippen molar-refractivity contribution < 1.29 is 14.3 Å². The average Bonchev–Trinajstić information content (AvgIpc) is 3.20. The topological polar surface area (TPSA) is 65.4 Å². The molecule has 1 aromatic heterocycles. The van der Waals surface area contributed by atoms with Crippen LogP contribution in [0.3, 0.4) is 0 Å². The van der Waals surface area contributed by atoms with E-state index >= 15 is 0 Å². The van der Waals surface area contributed by atoms with Crippen LogP contribution in [0.1, 0.15) is 22.6 Å². The van der Waals surface area contributed by atoms with Crippen LogP contribution in [-0.2, 0) is 13.0 Å². The molecule has 1 N–H and O–H groups in total. The summed E-state index contributed by atoms with van der Waals surface area (Å²) in [6.45, 7) is 1.69. The molecule has 0 saturated carbocycles. The van der Waals surface area contributed by atoms with Crippen molar-refractivity contribution in [1.29, 1.82) is 0 Å². The summed E-state index contributed by atoms with van der Waals surface area (Å²) in [5.74, 6) is 2.27. The van der Waals surface area contributed by atoms with Crippen LogP contribution in [0.4, 0.5) is 0 Å². The van der Waals surface area contributed by atoms with Gasteiger partial charge < -0.3 is 19.4 Å².